The summed E-state index contributed by atoms with van der Waals surface area (Å²) in [4.78, 5) is 10.9. The molecule has 0 unspecified atom stereocenters. The van der Waals surface area contributed by atoms with E-state index in [9.17, 15) is 4.79 Å². The molecule has 1 N–H and O–H groups in total. The van der Waals surface area contributed by atoms with Gasteiger partial charge in [-0.3, -0.25) is 4.79 Å². The summed E-state index contributed by atoms with van der Waals surface area (Å²) in [6.07, 6.45) is 5.86. The van der Waals surface area contributed by atoms with Crippen LogP contribution < -0.4 is 0 Å². The fourth-order valence-corrected chi connectivity index (χ4v) is 1.32. The number of benzene rings is 1. The van der Waals surface area contributed by atoms with E-state index in [-0.39, 0.29) is 5.78 Å². The second-order valence-electron chi connectivity index (χ2n) is 3.86. The van der Waals surface area contributed by atoms with Crippen molar-refractivity contribution in [1.82, 2.24) is 0 Å². The van der Waals surface area contributed by atoms with Gasteiger partial charge in [-0.05, 0) is 13.3 Å². The Morgan fingerprint density at radius 3 is 2.53 bits per heavy atom. The summed E-state index contributed by atoms with van der Waals surface area (Å²) >= 11 is 0. The maximum absolute atomic E-state index is 10.9. The predicted molar refractivity (Wildman–Crippen MR) is 78.6 cm³/mol. The van der Waals surface area contributed by atoms with Gasteiger partial charge in [-0.15, -0.1) is 11.8 Å². The molecule has 0 radical (unpaired) electrons. The van der Waals surface area contributed by atoms with Gasteiger partial charge in [-0.25, -0.2) is 0 Å². The Balaban J connectivity index is 0.000000362. The molecule has 0 bridgehead atoms. The van der Waals surface area contributed by atoms with Gasteiger partial charge in [0, 0.05) is 12.0 Å². The lowest BCUT2D eigenvalue weighted by molar-refractivity contribution is 0.106. The number of oxime groups is 1. The van der Waals surface area contributed by atoms with Gasteiger partial charge < -0.3 is 5.21 Å². The summed E-state index contributed by atoms with van der Waals surface area (Å²) in [5, 5.41) is 10.7. The summed E-state index contributed by atoms with van der Waals surface area (Å²) < 4.78 is 0. The minimum Gasteiger partial charge on any atom is -0.411 e. The zero-order chi connectivity index (χ0) is 14.3. The van der Waals surface area contributed by atoms with Gasteiger partial charge in [-0.1, -0.05) is 55.3 Å². The first-order valence-electron chi connectivity index (χ1n) is 6.42. The molecular weight excluding hydrogens is 238 g/mol. The van der Waals surface area contributed by atoms with Crippen LogP contribution in [0.2, 0.25) is 0 Å². The molecule has 0 aliphatic carbocycles. The molecule has 102 valence electrons. The minimum atomic E-state index is -0.298. The third-order valence-electron chi connectivity index (χ3n) is 2.32. The molecule has 1 aromatic carbocycles. The number of Topliss-reactive ketones (excluding diaryl/α,β-unsaturated/α-hetero) is 1. The van der Waals surface area contributed by atoms with E-state index in [1.165, 1.54) is 19.3 Å². The first-order valence-corrected chi connectivity index (χ1v) is 6.42. The van der Waals surface area contributed by atoms with Crippen LogP contribution >= 0.6 is 0 Å². The normalized spacial score (nSPS) is 9.16. The van der Waals surface area contributed by atoms with Crippen LogP contribution in [0.5, 0.6) is 0 Å². The van der Waals surface area contributed by atoms with Crippen LogP contribution in [0.25, 0.3) is 0 Å². The second-order valence-corrected chi connectivity index (χ2v) is 3.86. The van der Waals surface area contributed by atoms with Gasteiger partial charge in [0.1, 0.15) is 6.21 Å². The maximum Gasteiger partial charge on any atom is 0.207 e. The van der Waals surface area contributed by atoms with Crippen LogP contribution in [-0.2, 0) is 0 Å². The topological polar surface area (TPSA) is 49.7 Å². The highest BCUT2D eigenvalue weighted by atomic mass is 16.4. The number of carbonyl (C=O) groups is 1. The van der Waals surface area contributed by atoms with Crippen LogP contribution in [0.15, 0.2) is 35.5 Å². The standard InChI is InChI=1S/C8H7NO2.C8H14/c10-8(6-9-11)7-4-2-1-3-5-7;1-3-5-7-8-6-4-2/h1-6,11H;3,5,7-8H2,1-2H3. The zero-order valence-electron chi connectivity index (χ0n) is 11.6. The lowest BCUT2D eigenvalue weighted by Crippen LogP contribution is -1.98. The van der Waals surface area contributed by atoms with Crippen molar-refractivity contribution in [2.75, 3.05) is 0 Å². The summed E-state index contributed by atoms with van der Waals surface area (Å²) in [6.45, 7) is 4.10. The van der Waals surface area contributed by atoms with Gasteiger partial charge in [0.05, 0.1) is 0 Å². The Kier molecular flexibility index (Phi) is 11.0. The predicted octanol–water partition coefficient (Wildman–Crippen LogP) is 3.92. The Hall–Kier alpha value is -2.08. The molecule has 0 aromatic heterocycles. The average molecular weight is 259 g/mol. The number of unbranched alkanes of at least 4 members (excludes halogenated alkanes) is 3. The molecule has 1 aromatic rings. The van der Waals surface area contributed by atoms with Crippen molar-refractivity contribution in [2.24, 2.45) is 5.16 Å². The molecule has 0 saturated heterocycles. The molecule has 0 atom stereocenters. The number of rotatable bonds is 5. The van der Waals surface area contributed by atoms with Gasteiger partial charge in [-0.2, -0.15) is 0 Å². The Morgan fingerprint density at radius 2 is 2.00 bits per heavy atom. The molecule has 0 fully saturated rings. The van der Waals surface area contributed by atoms with E-state index < -0.39 is 0 Å². The fourth-order valence-electron chi connectivity index (χ4n) is 1.32. The molecule has 0 aliphatic rings. The monoisotopic (exact) mass is 259 g/mol. The molecular formula is C16H21NO2. The summed E-state index contributed by atoms with van der Waals surface area (Å²) in [5.41, 5.74) is 0.519. The molecule has 19 heavy (non-hydrogen) atoms. The van der Waals surface area contributed by atoms with E-state index in [1.54, 1.807) is 24.3 Å². The second kappa shape index (κ2) is 12.4. The van der Waals surface area contributed by atoms with Crippen molar-refractivity contribution in [1.29, 1.82) is 0 Å². The molecule has 3 nitrogen and oxygen atoms in total. The number of ketones is 1. The summed E-state index contributed by atoms with van der Waals surface area (Å²) in [6, 6.07) is 8.62. The molecule has 3 heteroatoms. The highest BCUT2D eigenvalue weighted by molar-refractivity contribution is 6.35. The van der Waals surface area contributed by atoms with E-state index in [2.05, 4.69) is 23.9 Å². The molecule has 0 spiro atoms. The highest BCUT2D eigenvalue weighted by Gasteiger charge is 1.98. The van der Waals surface area contributed by atoms with Crippen LogP contribution in [0, 0.1) is 11.8 Å². The van der Waals surface area contributed by atoms with E-state index >= 15 is 0 Å². The van der Waals surface area contributed by atoms with Crippen LogP contribution in [0.1, 0.15) is 49.9 Å². The Labute approximate surface area is 115 Å². The van der Waals surface area contributed by atoms with Crippen LogP contribution in [-0.4, -0.2) is 17.2 Å². The fraction of sp³-hybridized carbons (Fsp3) is 0.375. The smallest absolute Gasteiger partial charge is 0.207 e. The zero-order valence-corrected chi connectivity index (χ0v) is 11.6. The number of hydrogen-bond donors (Lipinski definition) is 1. The molecule has 0 saturated carbocycles. The Morgan fingerprint density at radius 1 is 1.32 bits per heavy atom. The van der Waals surface area contributed by atoms with Gasteiger partial charge >= 0.3 is 0 Å². The van der Waals surface area contributed by atoms with E-state index in [0.717, 1.165) is 12.6 Å². The molecule has 0 heterocycles. The third-order valence-corrected chi connectivity index (χ3v) is 2.32. The molecule has 0 amide bonds. The van der Waals surface area contributed by atoms with Crippen molar-refractivity contribution in [3.8, 4) is 11.8 Å². The summed E-state index contributed by atoms with van der Waals surface area (Å²) in [5.74, 6) is 5.61. The van der Waals surface area contributed by atoms with Gasteiger partial charge in [0.25, 0.3) is 0 Å². The quantitative estimate of drug-likeness (QED) is 0.217. The van der Waals surface area contributed by atoms with E-state index in [1.807, 2.05) is 13.0 Å². The van der Waals surface area contributed by atoms with Crippen molar-refractivity contribution >= 4 is 12.0 Å². The third kappa shape index (κ3) is 9.61. The van der Waals surface area contributed by atoms with E-state index in [4.69, 9.17) is 5.21 Å². The lowest BCUT2D eigenvalue weighted by Gasteiger charge is -1.90. The average Bonchev–Trinajstić information content (AvgIpc) is 2.46. The largest absolute Gasteiger partial charge is 0.411 e. The Bertz CT molecular complexity index is 427. The maximum atomic E-state index is 10.9. The van der Waals surface area contributed by atoms with Crippen molar-refractivity contribution in [3.05, 3.63) is 35.9 Å². The van der Waals surface area contributed by atoms with Crippen molar-refractivity contribution < 1.29 is 10.0 Å². The first kappa shape index (κ1) is 16.9. The lowest BCUT2D eigenvalue weighted by atomic mass is 10.1. The van der Waals surface area contributed by atoms with E-state index in [0.29, 0.717) is 5.56 Å². The van der Waals surface area contributed by atoms with Gasteiger partial charge in [0.15, 0.2) is 0 Å². The highest BCUT2D eigenvalue weighted by Crippen LogP contribution is 1.97. The molecule has 0 aliphatic heterocycles. The first-order chi connectivity index (χ1) is 9.26. The number of carbonyl (C=O) groups excluding carboxylic acids is 1. The van der Waals surface area contributed by atoms with Gasteiger partial charge in [0.2, 0.25) is 5.78 Å². The van der Waals surface area contributed by atoms with Crippen molar-refractivity contribution in [3.63, 3.8) is 0 Å². The summed E-state index contributed by atoms with van der Waals surface area (Å²) in [7, 11) is 0. The number of hydrogen-bond acceptors (Lipinski definition) is 3. The SMILES string of the molecule is CC#CCCCCC.O=C(C=NO)c1ccccc1. The van der Waals surface area contributed by atoms with Crippen LogP contribution in [0.3, 0.4) is 0 Å². The van der Waals surface area contributed by atoms with Crippen LogP contribution in [0.4, 0.5) is 0 Å². The number of nitrogens with zero attached hydrogens (tertiary/aromatic N) is 1. The minimum absolute atomic E-state index is 0.298. The van der Waals surface area contributed by atoms with Crippen molar-refractivity contribution in [2.45, 2.75) is 39.5 Å². The molecule has 1 rings (SSSR count).